The second-order valence-corrected chi connectivity index (χ2v) is 7.57. The van der Waals surface area contributed by atoms with Crippen LogP contribution in [0.25, 0.3) is 0 Å². The summed E-state index contributed by atoms with van der Waals surface area (Å²) in [7, 11) is 0. The van der Waals surface area contributed by atoms with Gasteiger partial charge in [-0.25, -0.2) is 0 Å². The van der Waals surface area contributed by atoms with Crippen molar-refractivity contribution in [2.75, 3.05) is 32.7 Å². The molecule has 0 aromatic rings. The maximum absolute atomic E-state index is 7.59. The van der Waals surface area contributed by atoms with Crippen molar-refractivity contribution < 1.29 is 0 Å². The van der Waals surface area contributed by atoms with E-state index in [9.17, 15) is 0 Å². The Hall–Kier alpha value is -0.610. The van der Waals surface area contributed by atoms with E-state index in [4.69, 9.17) is 11.1 Å². The highest BCUT2D eigenvalue weighted by Gasteiger charge is 2.26. The summed E-state index contributed by atoms with van der Waals surface area (Å²) < 4.78 is 0. The Kier molecular flexibility index (Phi) is 6.06. The van der Waals surface area contributed by atoms with Crippen LogP contribution in [0.1, 0.15) is 58.8 Å². The Bertz CT molecular complexity index is 326. The number of hydrogen-bond acceptors (Lipinski definition) is 3. The van der Waals surface area contributed by atoms with Gasteiger partial charge in [0.1, 0.15) is 0 Å². The normalized spacial score (nSPS) is 22.8. The van der Waals surface area contributed by atoms with E-state index in [1.165, 1.54) is 71.2 Å². The highest BCUT2D eigenvalue weighted by atomic mass is 15.3. The maximum Gasteiger partial charge on any atom is 0.0963 e. The fraction of sp³-hybridized carbons (Fsp3) is 0.941. The average molecular weight is 294 g/mol. The Balaban J connectivity index is 1.57. The van der Waals surface area contributed by atoms with E-state index in [1.807, 2.05) is 0 Å². The Morgan fingerprint density at radius 1 is 1.10 bits per heavy atom. The standard InChI is InChI=1S/C17H34N4/c1-17(2,16(18)19)9-5-6-10-20-11-13-21(14-12-20)15-7-3-4-8-15/h15H,3-14H2,1-2H3,(H3,18,19). The third-order valence-corrected chi connectivity index (χ3v) is 5.50. The fourth-order valence-electron chi connectivity index (χ4n) is 3.66. The van der Waals surface area contributed by atoms with E-state index in [0.717, 1.165) is 12.5 Å². The third-order valence-electron chi connectivity index (χ3n) is 5.50. The Morgan fingerprint density at radius 2 is 1.71 bits per heavy atom. The van der Waals surface area contributed by atoms with E-state index in [0.29, 0.717) is 5.84 Å². The van der Waals surface area contributed by atoms with Crippen molar-refractivity contribution in [1.29, 1.82) is 5.41 Å². The van der Waals surface area contributed by atoms with Crippen LogP contribution in [0.2, 0.25) is 0 Å². The van der Waals surface area contributed by atoms with Gasteiger partial charge >= 0.3 is 0 Å². The molecule has 1 heterocycles. The number of nitrogens with one attached hydrogen (secondary N) is 1. The summed E-state index contributed by atoms with van der Waals surface area (Å²) in [5.41, 5.74) is 5.51. The summed E-state index contributed by atoms with van der Waals surface area (Å²) in [6.45, 7) is 10.4. The molecule has 0 aromatic carbocycles. The van der Waals surface area contributed by atoms with E-state index in [1.54, 1.807) is 0 Å². The lowest BCUT2D eigenvalue weighted by molar-refractivity contribution is 0.0964. The molecular formula is C17H34N4. The van der Waals surface area contributed by atoms with Gasteiger partial charge in [-0.15, -0.1) is 0 Å². The molecule has 21 heavy (non-hydrogen) atoms. The van der Waals surface area contributed by atoms with Crippen molar-refractivity contribution in [3.05, 3.63) is 0 Å². The lowest BCUT2D eigenvalue weighted by Crippen LogP contribution is -2.49. The molecule has 2 fully saturated rings. The summed E-state index contributed by atoms with van der Waals surface area (Å²) in [5.74, 6) is 0.327. The first-order valence-corrected chi connectivity index (χ1v) is 8.80. The molecule has 1 aliphatic carbocycles. The second kappa shape index (κ2) is 7.59. The Labute approximate surface area is 130 Å². The van der Waals surface area contributed by atoms with Gasteiger partial charge in [-0.2, -0.15) is 0 Å². The smallest absolute Gasteiger partial charge is 0.0963 e. The number of rotatable bonds is 7. The second-order valence-electron chi connectivity index (χ2n) is 7.57. The summed E-state index contributed by atoms with van der Waals surface area (Å²) in [6.07, 6.45) is 9.19. The van der Waals surface area contributed by atoms with Gasteiger partial charge in [-0.3, -0.25) is 10.3 Å². The van der Waals surface area contributed by atoms with Crippen LogP contribution in [0.15, 0.2) is 0 Å². The predicted octanol–water partition coefficient (Wildman–Crippen LogP) is 2.68. The molecule has 1 saturated carbocycles. The monoisotopic (exact) mass is 294 g/mol. The van der Waals surface area contributed by atoms with Crippen LogP contribution in [-0.4, -0.2) is 54.4 Å². The van der Waals surface area contributed by atoms with Crippen molar-refractivity contribution >= 4 is 5.84 Å². The maximum atomic E-state index is 7.59. The number of hydrogen-bond donors (Lipinski definition) is 2. The number of unbranched alkanes of at least 4 members (excludes halogenated alkanes) is 1. The highest BCUT2D eigenvalue weighted by Crippen LogP contribution is 2.25. The molecule has 4 nitrogen and oxygen atoms in total. The summed E-state index contributed by atoms with van der Waals surface area (Å²) in [5, 5.41) is 7.59. The van der Waals surface area contributed by atoms with E-state index >= 15 is 0 Å². The van der Waals surface area contributed by atoms with Crippen LogP contribution < -0.4 is 5.73 Å². The van der Waals surface area contributed by atoms with Gasteiger partial charge < -0.3 is 10.6 Å². The van der Waals surface area contributed by atoms with Crippen molar-refractivity contribution in [2.24, 2.45) is 11.1 Å². The first-order valence-electron chi connectivity index (χ1n) is 8.80. The molecule has 0 aromatic heterocycles. The van der Waals surface area contributed by atoms with Gasteiger partial charge in [-0.05, 0) is 32.2 Å². The van der Waals surface area contributed by atoms with Crippen molar-refractivity contribution in [1.82, 2.24) is 9.80 Å². The van der Waals surface area contributed by atoms with E-state index in [2.05, 4.69) is 23.6 Å². The molecule has 0 unspecified atom stereocenters. The number of piperazine rings is 1. The first-order chi connectivity index (χ1) is 9.99. The molecule has 122 valence electrons. The minimum absolute atomic E-state index is 0.124. The van der Waals surface area contributed by atoms with Crippen molar-refractivity contribution in [3.8, 4) is 0 Å². The molecule has 0 bridgehead atoms. The molecule has 0 atom stereocenters. The van der Waals surface area contributed by atoms with Crippen LogP contribution in [-0.2, 0) is 0 Å². The lowest BCUT2D eigenvalue weighted by atomic mass is 9.86. The highest BCUT2D eigenvalue weighted by molar-refractivity contribution is 5.82. The summed E-state index contributed by atoms with van der Waals surface area (Å²) >= 11 is 0. The van der Waals surface area contributed by atoms with Crippen LogP contribution in [0.5, 0.6) is 0 Å². The zero-order chi connectivity index (χ0) is 15.3. The van der Waals surface area contributed by atoms with E-state index in [-0.39, 0.29) is 5.41 Å². The SMILES string of the molecule is CC(C)(CCCCN1CCN(C2CCCC2)CC1)C(=N)N. The molecule has 1 aliphatic heterocycles. The van der Waals surface area contributed by atoms with Gasteiger partial charge in [0.05, 0.1) is 5.84 Å². The minimum atomic E-state index is -0.124. The average Bonchev–Trinajstić information content (AvgIpc) is 2.98. The molecule has 1 saturated heterocycles. The molecule has 2 rings (SSSR count). The zero-order valence-corrected chi connectivity index (χ0v) is 14.0. The lowest BCUT2D eigenvalue weighted by Gasteiger charge is -2.38. The predicted molar refractivity (Wildman–Crippen MR) is 89.8 cm³/mol. The van der Waals surface area contributed by atoms with Crippen LogP contribution in [0, 0.1) is 10.8 Å². The van der Waals surface area contributed by atoms with Gasteiger partial charge in [0.15, 0.2) is 0 Å². The van der Waals surface area contributed by atoms with Gasteiger partial charge in [0, 0.05) is 37.6 Å². The topological polar surface area (TPSA) is 56.4 Å². The molecule has 4 heteroatoms. The van der Waals surface area contributed by atoms with Crippen molar-refractivity contribution in [2.45, 2.75) is 64.8 Å². The number of nitrogens with zero attached hydrogens (tertiary/aromatic N) is 2. The molecule has 2 aliphatic rings. The van der Waals surface area contributed by atoms with E-state index < -0.39 is 0 Å². The van der Waals surface area contributed by atoms with Crippen LogP contribution in [0.4, 0.5) is 0 Å². The fourth-order valence-corrected chi connectivity index (χ4v) is 3.66. The molecule has 0 radical (unpaired) electrons. The molecule has 0 spiro atoms. The van der Waals surface area contributed by atoms with Gasteiger partial charge in [0.2, 0.25) is 0 Å². The molecule has 3 N–H and O–H groups in total. The third kappa shape index (κ3) is 4.96. The largest absolute Gasteiger partial charge is 0.387 e. The van der Waals surface area contributed by atoms with Gasteiger partial charge in [-0.1, -0.05) is 33.1 Å². The quantitative estimate of drug-likeness (QED) is 0.431. The first kappa shape index (κ1) is 16.8. The molecule has 0 amide bonds. The summed E-state index contributed by atoms with van der Waals surface area (Å²) in [6, 6.07) is 0.892. The molecular weight excluding hydrogens is 260 g/mol. The number of amidine groups is 1. The summed E-state index contributed by atoms with van der Waals surface area (Å²) in [4.78, 5) is 5.34. The number of nitrogens with two attached hydrogens (primary N) is 1. The van der Waals surface area contributed by atoms with Crippen molar-refractivity contribution in [3.63, 3.8) is 0 Å². The Morgan fingerprint density at radius 3 is 2.29 bits per heavy atom. The minimum Gasteiger partial charge on any atom is -0.387 e. The zero-order valence-electron chi connectivity index (χ0n) is 14.0. The van der Waals surface area contributed by atoms with Crippen LogP contribution in [0.3, 0.4) is 0 Å². The van der Waals surface area contributed by atoms with Gasteiger partial charge in [0.25, 0.3) is 0 Å². The van der Waals surface area contributed by atoms with Crippen LogP contribution >= 0.6 is 0 Å².